The minimum absolute atomic E-state index is 0.0212. The molecule has 0 radical (unpaired) electrons. The van der Waals surface area contributed by atoms with Crippen molar-refractivity contribution >= 4 is 27.5 Å². The highest BCUT2D eigenvalue weighted by atomic mass is 79.9. The second-order valence-electron chi connectivity index (χ2n) is 6.38. The van der Waals surface area contributed by atoms with Crippen LogP contribution in [0.15, 0.2) is 28.7 Å². The van der Waals surface area contributed by atoms with Crippen LogP contribution >= 0.6 is 15.9 Å². The van der Waals surface area contributed by atoms with Crippen LogP contribution in [0.1, 0.15) is 39.5 Å². The van der Waals surface area contributed by atoms with Gasteiger partial charge in [-0.2, -0.15) is 0 Å². The lowest BCUT2D eigenvalue weighted by Crippen LogP contribution is -2.39. The number of rotatable bonds is 4. The number of nitrogens with one attached hydrogen (secondary N) is 2. The van der Waals surface area contributed by atoms with Crippen molar-refractivity contribution in [1.82, 2.24) is 5.32 Å². The first-order valence-corrected chi connectivity index (χ1v) is 8.03. The van der Waals surface area contributed by atoms with E-state index in [1.165, 1.54) is 12.8 Å². The molecule has 0 saturated heterocycles. The molecule has 20 heavy (non-hydrogen) atoms. The normalized spacial score (nSPS) is 18.8. The molecule has 1 aromatic carbocycles. The molecular weight excluding hydrogens is 316 g/mol. The van der Waals surface area contributed by atoms with E-state index in [0.29, 0.717) is 18.0 Å². The highest BCUT2D eigenvalue weighted by Gasteiger charge is 2.26. The zero-order valence-electron chi connectivity index (χ0n) is 12.2. The first kappa shape index (κ1) is 15.5. The molecular formula is C16H23BrN2O. The van der Waals surface area contributed by atoms with Gasteiger partial charge in [-0.05, 0) is 49.3 Å². The lowest BCUT2D eigenvalue weighted by molar-refractivity contribution is -0.115. The van der Waals surface area contributed by atoms with E-state index in [2.05, 4.69) is 40.4 Å². The standard InChI is InChI=1S/C16H23BrN2O/c1-16(2)8-6-13(7-9-16)18-11-15(20)19-14-5-3-4-12(17)10-14/h3-5,10,13,18H,6-9,11H2,1-2H3,(H,19,20). The average Bonchev–Trinajstić information content (AvgIpc) is 2.37. The second kappa shape index (κ2) is 6.72. The third-order valence-electron chi connectivity index (χ3n) is 4.00. The van der Waals surface area contributed by atoms with Crippen LogP contribution in [0, 0.1) is 5.41 Å². The van der Waals surface area contributed by atoms with Crippen molar-refractivity contribution in [3.8, 4) is 0 Å². The maximum absolute atomic E-state index is 11.9. The minimum atomic E-state index is 0.0212. The molecule has 0 atom stereocenters. The number of hydrogen-bond acceptors (Lipinski definition) is 2. The zero-order chi connectivity index (χ0) is 14.6. The van der Waals surface area contributed by atoms with Gasteiger partial charge in [0.2, 0.25) is 5.91 Å². The summed E-state index contributed by atoms with van der Waals surface area (Å²) in [6.45, 7) is 5.03. The minimum Gasteiger partial charge on any atom is -0.325 e. The predicted octanol–water partition coefficient (Wildman–Crippen LogP) is 3.95. The lowest BCUT2D eigenvalue weighted by Gasteiger charge is -2.34. The maximum atomic E-state index is 11.9. The molecule has 0 aromatic heterocycles. The molecule has 1 fully saturated rings. The van der Waals surface area contributed by atoms with Gasteiger partial charge in [0.25, 0.3) is 0 Å². The van der Waals surface area contributed by atoms with Crippen molar-refractivity contribution in [2.75, 3.05) is 11.9 Å². The van der Waals surface area contributed by atoms with Gasteiger partial charge in [0, 0.05) is 16.2 Å². The molecule has 0 bridgehead atoms. The molecule has 1 aromatic rings. The number of carbonyl (C=O) groups is 1. The summed E-state index contributed by atoms with van der Waals surface area (Å²) in [5.74, 6) is 0.0212. The van der Waals surface area contributed by atoms with Crippen molar-refractivity contribution in [2.45, 2.75) is 45.6 Å². The maximum Gasteiger partial charge on any atom is 0.238 e. The molecule has 1 amide bonds. The fourth-order valence-electron chi connectivity index (χ4n) is 2.61. The Morgan fingerprint density at radius 2 is 2.05 bits per heavy atom. The Bertz CT molecular complexity index is 463. The quantitative estimate of drug-likeness (QED) is 0.872. The molecule has 3 nitrogen and oxygen atoms in total. The molecule has 1 saturated carbocycles. The molecule has 0 unspecified atom stereocenters. The van der Waals surface area contributed by atoms with Gasteiger partial charge in [-0.15, -0.1) is 0 Å². The van der Waals surface area contributed by atoms with Crippen LogP contribution in [-0.4, -0.2) is 18.5 Å². The number of anilines is 1. The molecule has 4 heteroatoms. The molecule has 110 valence electrons. The summed E-state index contributed by atoms with van der Waals surface area (Å²) in [5.41, 5.74) is 1.30. The summed E-state index contributed by atoms with van der Waals surface area (Å²) in [4.78, 5) is 11.9. The molecule has 0 heterocycles. The van der Waals surface area contributed by atoms with Crippen molar-refractivity contribution in [3.05, 3.63) is 28.7 Å². The molecule has 1 aliphatic carbocycles. The number of amides is 1. The van der Waals surface area contributed by atoms with E-state index >= 15 is 0 Å². The van der Waals surface area contributed by atoms with Crippen LogP contribution in [0.5, 0.6) is 0 Å². The predicted molar refractivity (Wildman–Crippen MR) is 86.8 cm³/mol. The van der Waals surface area contributed by atoms with Gasteiger partial charge in [0.05, 0.1) is 6.54 Å². The Hall–Kier alpha value is -0.870. The van der Waals surface area contributed by atoms with Crippen molar-refractivity contribution < 1.29 is 4.79 Å². The first-order chi connectivity index (χ1) is 9.44. The van der Waals surface area contributed by atoms with Gasteiger partial charge in [-0.1, -0.05) is 35.8 Å². The van der Waals surface area contributed by atoms with Crippen LogP contribution in [0.4, 0.5) is 5.69 Å². The Morgan fingerprint density at radius 1 is 1.35 bits per heavy atom. The van der Waals surface area contributed by atoms with E-state index in [-0.39, 0.29) is 5.91 Å². The summed E-state index contributed by atoms with van der Waals surface area (Å²) in [7, 11) is 0. The molecule has 1 aliphatic rings. The third kappa shape index (κ3) is 4.91. The summed E-state index contributed by atoms with van der Waals surface area (Å²) >= 11 is 3.40. The summed E-state index contributed by atoms with van der Waals surface area (Å²) in [6.07, 6.45) is 4.80. The first-order valence-electron chi connectivity index (χ1n) is 7.23. The number of hydrogen-bond donors (Lipinski definition) is 2. The van der Waals surface area contributed by atoms with Crippen molar-refractivity contribution in [2.24, 2.45) is 5.41 Å². The zero-order valence-corrected chi connectivity index (χ0v) is 13.8. The average molecular weight is 339 g/mol. The van der Waals surface area contributed by atoms with Crippen molar-refractivity contribution in [1.29, 1.82) is 0 Å². The highest BCUT2D eigenvalue weighted by molar-refractivity contribution is 9.10. The highest BCUT2D eigenvalue weighted by Crippen LogP contribution is 2.34. The van der Waals surface area contributed by atoms with E-state index in [9.17, 15) is 4.79 Å². The van der Waals surface area contributed by atoms with Crippen molar-refractivity contribution in [3.63, 3.8) is 0 Å². The fourth-order valence-corrected chi connectivity index (χ4v) is 3.01. The van der Waals surface area contributed by atoms with E-state index in [0.717, 1.165) is 23.0 Å². The SMILES string of the molecule is CC1(C)CCC(NCC(=O)Nc2cccc(Br)c2)CC1. The van der Waals surface area contributed by atoms with E-state index in [1.54, 1.807) is 0 Å². The summed E-state index contributed by atoms with van der Waals surface area (Å²) in [5, 5.41) is 6.28. The van der Waals surface area contributed by atoms with Crippen LogP contribution in [0.3, 0.4) is 0 Å². The van der Waals surface area contributed by atoms with Crippen LogP contribution < -0.4 is 10.6 Å². The van der Waals surface area contributed by atoms with Gasteiger partial charge in [0.1, 0.15) is 0 Å². The number of halogens is 1. The Kier molecular flexibility index (Phi) is 5.22. The third-order valence-corrected chi connectivity index (χ3v) is 4.49. The van der Waals surface area contributed by atoms with Gasteiger partial charge in [-0.3, -0.25) is 4.79 Å². The summed E-state index contributed by atoms with van der Waals surface area (Å²) < 4.78 is 0.970. The molecule has 2 rings (SSSR count). The Morgan fingerprint density at radius 3 is 2.70 bits per heavy atom. The lowest BCUT2D eigenvalue weighted by atomic mass is 9.75. The summed E-state index contributed by atoms with van der Waals surface area (Å²) in [6, 6.07) is 8.14. The number of carbonyl (C=O) groups excluding carboxylic acids is 1. The second-order valence-corrected chi connectivity index (χ2v) is 7.29. The molecule has 2 N–H and O–H groups in total. The van der Waals surface area contributed by atoms with Crippen LogP contribution in [0.2, 0.25) is 0 Å². The Labute approximate surface area is 129 Å². The topological polar surface area (TPSA) is 41.1 Å². The van der Waals surface area contributed by atoms with Gasteiger partial charge in [-0.25, -0.2) is 0 Å². The van der Waals surface area contributed by atoms with E-state index in [4.69, 9.17) is 0 Å². The molecule has 0 spiro atoms. The van der Waals surface area contributed by atoms with E-state index < -0.39 is 0 Å². The van der Waals surface area contributed by atoms with Gasteiger partial charge >= 0.3 is 0 Å². The van der Waals surface area contributed by atoms with Gasteiger partial charge < -0.3 is 10.6 Å². The number of benzene rings is 1. The fraction of sp³-hybridized carbons (Fsp3) is 0.562. The van der Waals surface area contributed by atoms with Gasteiger partial charge in [0.15, 0.2) is 0 Å². The van der Waals surface area contributed by atoms with Crippen LogP contribution in [0.25, 0.3) is 0 Å². The monoisotopic (exact) mass is 338 g/mol. The Balaban J connectivity index is 1.73. The van der Waals surface area contributed by atoms with Crippen LogP contribution in [-0.2, 0) is 4.79 Å². The largest absolute Gasteiger partial charge is 0.325 e. The molecule has 0 aliphatic heterocycles. The smallest absolute Gasteiger partial charge is 0.238 e. The van der Waals surface area contributed by atoms with E-state index in [1.807, 2.05) is 24.3 Å².